The summed E-state index contributed by atoms with van der Waals surface area (Å²) in [6.07, 6.45) is -1.86. The van der Waals surface area contributed by atoms with E-state index in [9.17, 15) is 34.2 Å². The zero-order valence-electron chi connectivity index (χ0n) is 29.9. The number of carbonyl (C=O) groups excluding carboxylic acids is 4. The summed E-state index contributed by atoms with van der Waals surface area (Å²) < 4.78 is 1.71. The van der Waals surface area contributed by atoms with Crippen LogP contribution < -0.4 is 21.4 Å². The number of hydrogen-bond donors (Lipinski definition) is 6. The minimum atomic E-state index is -1.41. The van der Waals surface area contributed by atoms with Crippen LogP contribution in [0.25, 0.3) is 0 Å². The molecule has 1 aromatic rings. The molecule has 47 heavy (non-hydrogen) atoms. The lowest BCUT2D eigenvalue weighted by atomic mass is 9.92. The lowest BCUT2D eigenvalue weighted by Crippen LogP contribution is -2.52. The Labute approximate surface area is 279 Å². The van der Waals surface area contributed by atoms with Gasteiger partial charge in [0.2, 0.25) is 23.6 Å². The number of hydrazine groups is 1. The third kappa shape index (κ3) is 14.7. The second-order valence-electron chi connectivity index (χ2n) is 13.8. The van der Waals surface area contributed by atoms with E-state index in [4.69, 9.17) is 0 Å². The average molecular weight is 666 g/mol. The Morgan fingerprint density at radius 2 is 1.55 bits per heavy atom. The molecule has 0 saturated carbocycles. The molecule has 1 aromatic heterocycles. The highest BCUT2D eigenvalue weighted by molar-refractivity contribution is 5.88. The van der Waals surface area contributed by atoms with E-state index in [0.29, 0.717) is 24.4 Å². The van der Waals surface area contributed by atoms with E-state index in [1.54, 1.807) is 11.6 Å². The Bertz CT molecular complexity index is 1180. The van der Waals surface area contributed by atoms with Gasteiger partial charge in [0.05, 0.1) is 36.8 Å². The summed E-state index contributed by atoms with van der Waals surface area (Å²) in [4.78, 5) is 63.5. The largest absolute Gasteiger partial charge is 0.464 e. The summed E-state index contributed by atoms with van der Waals surface area (Å²) >= 11 is 0. The molecule has 1 rings (SSSR count). The molecule has 268 valence electrons. The summed E-state index contributed by atoms with van der Waals surface area (Å²) in [6, 6.07) is 0.464. The molecule has 0 saturated heterocycles. The number of rotatable bonds is 19. The number of carboxylic acid groups (broad SMARTS) is 1. The number of aromatic nitrogens is 2. The zero-order valence-corrected chi connectivity index (χ0v) is 29.9. The highest BCUT2D eigenvalue weighted by Gasteiger charge is 2.30. The molecule has 6 N–H and O–H groups in total. The van der Waals surface area contributed by atoms with E-state index < -0.39 is 47.9 Å². The molecule has 0 radical (unpaired) electrons. The van der Waals surface area contributed by atoms with Crippen molar-refractivity contribution in [1.82, 2.24) is 36.2 Å². The van der Waals surface area contributed by atoms with Crippen molar-refractivity contribution in [2.24, 2.45) is 29.6 Å². The standard InChI is InChI=1S/C33H59N7O7/c1-11-25(18-40-24(10)16-23(9)37-40)31(44)38-39(33(46)47)13-12-28(42)35-26(14-19(2)3)27(41)15-22(8)30(43)36-29(21(6)7)32(45)34-17-20(4)5/h16,19-22,25-27,29,41H,11-15,17-18H2,1-10H3,(H,34,45)(H,35,42)(H,36,43)(H,38,44)(H,46,47)/t22-,25?,26+,27+,29?/m1/s1. The Balaban J connectivity index is 2.82. The van der Waals surface area contributed by atoms with Gasteiger partial charge in [-0.3, -0.25) is 29.3 Å². The van der Waals surface area contributed by atoms with E-state index in [-0.39, 0.29) is 55.5 Å². The van der Waals surface area contributed by atoms with Gasteiger partial charge in [-0.1, -0.05) is 55.4 Å². The predicted molar refractivity (Wildman–Crippen MR) is 179 cm³/mol. The first kappa shape index (κ1) is 41.3. The van der Waals surface area contributed by atoms with Crippen LogP contribution in [-0.4, -0.2) is 86.0 Å². The third-order valence-corrected chi connectivity index (χ3v) is 7.91. The molecule has 0 spiro atoms. The Hall–Kier alpha value is -3.68. The number of amides is 5. The lowest BCUT2D eigenvalue weighted by molar-refractivity contribution is -0.132. The molecule has 14 heteroatoms. The molecule has 14 nitrogen and oxygen atoms in total. The lowest BCUT2D eigenvalue weighted by Gasteiger charge is -2.29. The fourth-order valence-corrected chi connectivity index (χ4v) is 5.08. The molecule has 0 aliphatic rings. The Morgan fingerprint density at radius 1 is 0.915 bits per heavy atom. The quantitative estimate of drug-likeness (QED) is 0.121. The van der Waals surface area contributed by atoms with Crippen molar-refractivity contribution in [3.63, 3.8) is 0 Å². The van der Waals surface area contributed by atoms with Gasteiger partial charge in [0.25, 0.3) is 0 Å². The van der Waals surface area contributed by atoms with Gasteiger partial charge in [-0.05, 0) is 56.9 Å². The van der Waals surface area contributed by atoms with Crippen molar-refractivity contribution in [3.05, 3.63) is 17.5 Å². The first-order valence-electron chi connectivity index (χ1n) is 16.7. The molecule has 0 aromatic carbocycles. The number of nitrogens with one attached hydrogen (secondary N) is 4. The topological polar surface area (TPSA) is 195 Å². The van der Waals surface area contributed by atoms with Gasteiger partial charge in [0.1, 0.15) is 6.04 Å². The molecule has 1 heterocycles. The van der Waals surface area contributed by atoms with E-state index >= 15 is 0 Å². The third-order valence-electron chi connectivity index (χ3n) is 7.91. The van der Waals surface area contributed by atoms with Crippen LogP contribution in [0.4, 0.5) is 4.79 Å². The van der Waals surface area contributed by atoms with Gasteiger partial charge < -0.3 is 26.2 Å². The molecule has 2 unspecified atom stereocenters. The van der Waals surface area contributed by atoms with Crippen LogP contribution in [0.1, 0.15) is 92.5 Å². The van der Waals surface area contributed by atoms with Gasteiger partial charge in [-0.25, -0.2) is 9.80 Å². The van der Waals surface area contributed by atoms with Gasteiger partial charge in [0, 0.05) is 24.6 Å². The smallest absolute Gasteiger partial charge is 0.426 e. The SMILES string of the molecule is CCC(Cn1nc(C)cc1C)C(=O)NN(CCC(=O)N[C@@H](CC(C)C)[C@@H](O)C[C@@H](C)C(=O)NC(C(=O)NCC(C)C)C(C)C)C(=O)O. The van der Waals surface area contributed by atoms with Crippen LogP contribution in [0.5, 0.6) is 0 Å². The summed E-state index contributed by atoms with van der Waals surface area (Å²) in [5.41, 5.74) is 4.11. The van der Waals surface area contributed by atoms with Crippen LogP contribution >= 0.6 is 0 Å². The van der Waals surface area contributed by atoms with Gasteiger partial charge in [-0.15, -0.1) is 0 Å². The van der Waals surface area contributed by atoms with Gasteiger partial charge >= 0.3 is 6.09 Å². The fraction of sp³-hybridized carbons (Fsp3) is 0.758. The zero-order chi connectivity index (χ0) is 36.0. The van der Waals surface area contributed by atoms with Gasteiger partial charge in [0.15, 0.2) is 0 Å². The molecule has 0 fully saturated rings. The van der Waals surface area contributed by atoms with Crippen molar-refractivity contribution in [2.75, 3.05) is 13.1 Å². The minimum Gasteiger partial charge on any atom is -0.464 e. The molecule has 5 atom stereocenters. The van der Waals surface area contributed by atoms with Crippen LogP contribution in [0, 0.1) is 43.4 Å². The monoisotopic (exact) mass is 665 g/mol. The number of hydrogen-bond acceptors (Lipinski definition) is 7. The summed E-state index contributed by atoms with van der Waals surface area (Å²) in [5, 5.41) is 34.3. The second-order valence-corrected chi connectivity index (χ2v) is 13.8. The Kier molecular flexibility index (Phi) is 17.5. The number of nitrogens with zero attached hydrogens (tertiary/aromatic N) is 3. The van der Waals surface area contributed by atoms with Crippen LogP contribution in [0.15, 0.2) is 6.07 Å². The maximum atomic E-state index is 13.0. The summed E-state index contributed by atoms with van der Waals surface area (Å²) in [6.45, 7) is 19.2. The summed E-state index contributed by atoms with van der Waals surface area (Å²) in [7, 11) is 0. The number of aliphatic hydroxyl groups excluding tert-OH is 1. The van der Waals surface area contributed by atoms with Crippen LogP contribution in [-0.2, 0) is 25.7 Å². The summed E-state index contributed by atoms with van der Waals surface area (Å²) in [5.74, 6) is -2.65. The fourth-order valence-electron chi connectivity index (χ4n) is 5.08. The first-order valence-corrected chi connectivity index (χ1v) is 16.7. The normalized spacial score (nSPS) is 14.7. The van der Waals surface area contributed by atoms with Crippen molar-refractivity contribution in [3.8, 4) is 0 Å². The van der Waals surface area contributed by atoms with E-state index in [2.05, 4.69) is 26.5 Å². The number of carbonyl (C=O) groups is 5. The van der Waals surface area contributed by atoms with Crippen molar-refractivity contribution in [2.45, 2.75) is 120 Å². The highest BCUT2D eigenvalue weighted by atomic mass is 16.4. The van der Waals surface area contributed by atoms with Crippen LogP contribution in [0.2, 0.25) is 0 Å². The maximum absolute atomic E-state index is 13.0. The molecule has 0 aliphatic heterocycles. The number of aryl methyl sites for hydroxylation is 2. The average Bonchev–Trinajstić information content (AvgIpc) is 3.29. The number of aliphatic hydroxyl groups is 1. The van der Waals surface area contributed by atoms with Crippen molar-refractivity contribution < 1.29 is 34.2 Å². The molecular formula is C33H59N7O7. The van der Waals surface area contributed by atoms with Gasteiger partial charge in [-0.2, -0.15) is 5.10 Å². The van der Waals surface area contributed by atoms with Crippen LogP contribution in [0.3, 0.4) is 0 Å². The first-order chi connectivity index (χ1) is 21.9. The van der Waals surface area contributed by atoms with Crippen molar-refractivity contribution in [1.29, 1.82) is 0 Å². The second kappa shape index (κ2) is 19.9. The predicted octanol–water partition coefficient (Wildman–Crippen LogP) is 2.76. The highest BCUT2D eigenvalue weighted by Crippen LogP contribution is 2.17. The molecule has 0 bridgehead atoms. The minimum absolute atomic E-state index is 0.0346. The molecule has 5 amide bonds. The maximum Gasteiger partial charge on any atom is 0.426 e. The molecule has 0 aliphatic carbocycles. The van der Waals surface area contributed by atoms with E-state index in [1.165, 1.54) is 0 Å². The molecular weight excluding hydrogens is 606 g/mol. The van der Waals surface area contributed by atoms with E-state index in [1.807, 2.05) is 68.4 Å². The Morgan fingerprint density at radius 3 is 2.04 bits per heavy atom. The van der Waals surface area contributed by atoms with Crippen molar-refractivity contribution >= 4 is 29.7 Å². The van der Waals surface area contributed by atoms with E-state index in [0.717, 1.165) is 11.4 Å².